The minimum Gasteiger partial charge on any atom is -0.370 e. The molecule has 0 aromatic rings. The second-order valence-electron chi connectivity index (χ2n) is 12.2. The summed E-state index contributed by atoms with van der Waals surface area (Å²) in [5.74, 6) is -1.92. The molecule has 14 heteroatoms. The Bertz CT molecular complexity index is 990. The lowest BCUT2D eigenvalue weighted by Gasteiger charge is -2.25. The number of guanidine groups is 2. The van der Waals surface area contributed by atoms with Crippen LogP contribution in [0.2, 0.25) is 0 Å². The number of hydrogen-bond donors (Lipinski definition) is 7. The van der Waals surface area contributed by atoms with E-state index in [0.717, 1.165) is 12.8 Å². The second kappa shape index (κ2) is 23.8. The van der Waals surface area contributed by atoms with Crippen LogP contribution in [0.15, 0.2) is 9.98 Å². The fourth-order valence-corrected chi connectivity index (χ4v) is 4.75. The summed E-state index contributed by atoms with van der Waals surface area (Å²) in [6.45, 7) is 10.4. The van der Waals surface area contributed by atoms with Crippen molar-refractivity contribution in [3.05, 3.63) is 0 Å². The van der Waals surface area contributed by atoms with Crippen molar-refractivity contribution in [2.75, 3.05) is 19.6 Å². The second-order valence-corrected chi connectivity index (χ2v) is 12.2. The number of aliphatic imine (C=N–C) groups is 2. The van der Waals surface area contributed by atoms with Crippen LogP contribution in [0.25, 0.3) is 0 Å². The Morgan fingerprint density at radius 2 is 1.31 bits per heavy atom. The maximum absolute atomic E-state index is 13.6. The summed E-state index contributed by atoms with van der Waals surface area (Å²) < 4.78 is 0. The topological polar surface area (TPSA) is 250 Å². The molecule has 0 aromatic carbocycles. The van der Waals surface area contributed by atoms with E-state index in [0.29, 0.717) is 38.6 Å². The van der Waals surface area contributed by atoms with Crippen molar-refractivity contribution in [1.29, 1.82) is 0 Å². The van der Waals surface area contributed by atoms with Gasteiger partial charge in [-0.25, -0.2) is 0 Å². The molecule has 0 unspecified atom stereocenters. The van der Waals surface area contributed by atoms with Crippen LogP contribution in [0.3, 0.4) is 0 Å². The molecule has 14 nitrogen and oxygen atoms in total. The third-order valence-electron chi connectivity index (χ3n) is 6.98. The third-order valence-corrected chi connectivity index (χ3v) is 6.98. The molecule has 3 atom stereocenters. The van der Waals surface area contributed by atoms with Crippen molar-refractivity contribution < 1.29 is 24.0 Å². The number of nitrogens with one attached hydrogen (secondary N) is 3. The summed E-state index contributed by atoms with van der Waals surface area (Å²) in [5, 5.41) is 8.70. The van der Waals surface area contributed by atoms with Gasteiger partial charge >= 0.3 is 0 Å². The number of carbonyl (C=O) groups excluding carboxylic acids is 5. The van der Waals surface area contributed by atoms with Crippen molar-refractivity contribution in [2.45, 2.75) is 123 Å². The highest BCUT2D eigenvalue weighted by molar-refractivity contribution is 5.94. The van der Waals surface area contributed by atoms with Gasteiger partial charge in [0, 0.05) is 50.7 Å². The minimum atomic E-state index is -0.889. The Labute approximate surface area is 268 Å². The molecule has 0 aliphatic carbocycles. The van der Waals surface area contributed by atoms with Crippen LogP contribution in [-0.4, -0.2) is 78.8 Å². The lowest BCUT2D eigenvalue weighted by atomic mass is 9.88. The van der Waals surface area contributed by atoms with E-state index in [1.54, 1.807) is 0 Å². The number of ketones is 3. The minimum absolute atomic E-state index is 0.0000718. The number of Topliss-reactive ketones (excluding diaryl/α,β-unsaturated/α-hetero) is 3. The van der Waals surface area contributed by atoms with E-state index in [2.05, 4.69) is 25.9 Å². The first kappa shape index (κ1) is 41.4. The first-order chi connectivity index (χ1) is 21.2. The monoisotopic (exact) mass is 637 g/mol. The van der Waals surface area contributed by atoms with E-state index in [9.17, 15) is 24.0 Å². The molecule has 258 valence electrons. The Morgan fingerprint density at radius 1 is 0.733 bits per heavy atom. The summed E-state index contributed by atoms with van der Waals surface area (Å²) in [5.41, 5.74) is 21.6. The predicted octanol–water partition coefficient (Wildman–Crippen LogP) is 0.791. The molecular weight excluding hydrogens is 578 g/mol. The first-order valence-corrected chi connectivity index (χ1v) is 16.2. The third kappa shape index (κ3) is 21.7. The van der Waals surface area contributed by atoms with Crippen molar-refractivity contribution in [2.24, 2.45) is 44.8 Å². The van der Waals surface area contributed by atoms with E-state index in [1.807, 2.05) is 34.6 Å². The highest BCUT2D eigenvalue weighted by Gasteiger charge is 2.30. The van der Waals surface area contributed by atoms with E-state index >= 15 is 0 Å². The van der Waals surface area contributed by atoms with E-state index in [4.69, 9.17) is 22.9 Å². The van der Waals surface area contributed by atoms with Gasteiger partial charge in [0.05, 0.1) is 18.6 Å². The number of rotatable bonds is 26. The van der Waals surface area contributed by atoms with Crippen LogP contribution < -0.4 is 38.9 Å². The summed E-state index contributed by atoms with van der Waals surface area (Å²) >= 11 is 0. The van der Waals surface area contributed by atoms with E-state index < -0.39 is 29.8 Å². The van der Waals surface area contributed by atoms with Crippen molar-refractivity contribution in [3.8, 4) is 0 Å². The quantitative estimate of drug-likeness (QED) is 0.0399. The number of unbranched alkanes of at least 4 members (excludes halogenated alkanes) is 1. The molecule has 0 rings (SSSR count). The Kier molecular flexibility index (Phi) is 21.9. The molecule has 0 spiro atoms. The average Bonchev–Trinajstić information content (AvgIpc) is 2.95. The number of hydrogen-bond acceptors (Lipinski definition) is 8. The van der Waals surface area contributed by atoms with Crippen LogP contribution in [-0.2, 0) is 24.0 Å². The maximum atomic E-state index is 13.6. The summed E-state index contributed by atoms with van der Waals surface area (Å²) in [6, 6.07) is -1.33. The van der Waals surface area contributed by atoms with Crippen LogP contribution >= 0.6 is 0 Å². The van der Waals surface area contributed by atoms with E-state index in [-0.39, 0.29) is 80.0 Å². The molecule has 0 bridgehead atoms. The number of amides is 2. The molecule has 11 N–H and O–H groups in total. The van der Waals surface area contributed by atoms with Gasteiger partial charge < -0.3 is 38.9 Å². The Balaban J connectivity index is 5.59. The van der Waals surface area contributed by atoms with Gasteiger partial charge in [-0.2, -0.15) is 0 Å². The zero-order chi connectivity index (χ0) is 34.4. The zero-order valence-electron chi connectivity index (χ0n) is 28.0. The van der Waals surface area contributed by atoms with Gasteiger partial charge in [0.25, 0.3) is 0 Å². The predicted molar refractivity (Wildman–Crippen MR) is 178 cm³/mol. The fraction of sp³-hybridized carbons (Fsp3) is 0.774. The van der Waals surface area contributed by atoms with Gasteiger partial charge in [-0.1, -0.05) is 41.0 Å². The van der Waals surface area contributed by atoms with E-state index in [1.165, 1.54) is 0 Å². The molecular formula is C31H59N9O5. The molecule has 2 amide bonds. The van der Waals surface area contributed by atoms with Gasteiger partial charge in [-0.05, 0) is 44.4 Å². The average molecular weight is 638 g/mol. The van der Waals surface area contributed by atoms with Crippen LogP contribution in [0.4, 0.5) is 0 Å². The van der Waals surface area contributed by atoms with Gasteiger partial charge in [0.1, 0.15) is 0 Å². The highest BCUT2D eigenvalue weighted by Crippen LogP contribution is 2.19. The van der Waals surface area contributed by atoms with Gasteiger partial charge in [-0.3, -0.25) is 34.0 Å². The maximum Gasteiger partial charge on any atom is 0.224 e. The Hall–Kier alpha value is -3.55. The molecule has 0 saturated heterocycles. The molecule has 0 aromatic heterocycles. The van der Waals surface area contributed by atoms with Crippen LogP contribution in [0.5, 0.6) is 0 Å². The van der Waals surface area contributed by atoms with Crippen LogP contribution in [0.1, 0.15) is 105 Å². The van der Waals surface area contributed by atoms with Gasteiger partial charge in [0.15, 0.2) is 29.3 Å². The molecule has 0 aliphatic rings. The smallest absolute Gasteiger partial charge is 0.224 e. The molecule has 0 saturated carbocycles. The Morgan fingerprint density at radius 3 is 1.82 bits per heavy atom. The zero-order valence-corrected chi connectivity index (χ0v) is 28.0. The molecule has 45 heavy (non-hydrogen) atoms. The normalized spacial score (nSPS) is 13.0. The first-order valence-electron chi connectivity index (χ1n) is 16.2. The fourth-order valence-electron chi connectivity index (χ4n) is 4.75. The standard InChI is InChI=1S/C31H59N9O5/c1-6-7-10-23(41)19-38-28(44)14-13-26(42)24(11-8-15-36-30(32)33)40-29(45)22(17-20(2)3)18-27(43)25(39-21(4)5)12-9-16-37-31(34)35/h20-22,24-25,39H,6-19H2,1-5H3,(H,38,44)(H,40,45)(H4,32,33,36)(H4,34,35,37)/t22-,24+,25+/m1/s1. The van der Waals surface area contributed by atoms with Crippen LogP contribution in [0, 0.1) is 11.8 Å². The highest BCUT2D eigenvalue weighted by atomic mass is 16.2. The van der Waals surface area contributed by atoms with Gasteiger partial charge in [-0.15, -0.1) is 0 Å². The number of nitrogens with two attached hydrogens (primary N) is 4. The van der Waals surface area contributed by atoms with Crippen molar-refractivity contribution in [3.63, 3.8) is 0 Å². The van der Waals surface area contributed by atoms with Gasteiger partial charge in [0.2, 0.25) is 11.8 Å². The SMILES string of the molecule is CCCCC(=O)CNC(=O)CCC(=O)[C@H](CCCN=C(N)N)NC(=O)[C@@H](CC(=O)[C@H](CCCN=C(N)N)NC(C)C)CC(C)C. The number of nitrogens with zero attached hydrogens (tertiary/aromatic N) is 2. The summed E-state index contributed by atoms with van der Waals surface area (Å²) in [6.07, 6.45) is 4.00. The number of carbonyl (C=O) groups is 5. The molecule has 0 aliphatic heterocycles. The lowest BCUT2D eigenvalue weighted by molar-refractivity contribution is -0.134. The molecule has 0 heterocycles. The molecule has 0 fully saturated rings. The summed E-state index contributed by atoms with van der Waals surface area (Å²) in [7, 11) is 0. The van der Waals surface area contributed by atoms with Crippen molar-refractivity contribution >= 4 is 41.1 Å². The van der Waals surface area contributed by atoms with Crippen molar-refractivity contribution in [1.82, 2.24) is 16.0 Å². The molecule has 0 radical (unpaired) electrons. The summed E-state index contributed by atoms with van der Waals surface area (Å²) in [4.78, 5) is 72.4. The largest absolute Gasteiger partial charge is 0.370 e. The lowest BCUT2D eigenvalue weighted by Crippen LogP contribution is -2.46.